The fraction of sp³-hybridized carbons (Fsp3) is 0.261. The van der Waals surface area contributed by atoms with Gasteiger partial charge >= 0.3 is 0 Å². The molecule has 0 bridgehead atoms. The molecule has 5 nitrogen and oxygen atoms in total. The van der Waals surface area contributed by atoms with Crippen molar-refractivity contribution < 1.29 is 14.3 Å². The molecule has 0 saturated carbocycles. The summed E-state index contributed by atoms with van der Waals surface area (Å²) in [7, 11) is 5.25. The van der Waals surface area contributed by atoms with Gasteiger partial charge in [-0.25, -0.2) is 0 Å². The van der Waals surface area contributed by atoms with Crippen LogP contribution in [0.2, 0.25) is 0 Å². The summed E-state index contributed by atoms with van der Waals surface area (Å²) in [6.07, 6.45) is 0. The number of benzene rings is 3. The molecule has 0 aromatic heterocycles. The Kier molecular flexibility index (Phi) is 6.50. The fourth-order valence-corrected chi connectivity index (χ4v) is 3.21. The smallest absolute Gasteiger partial charge is 0.234 e. The number of methoxy groups -OCH3 is 2. The number of amides is 1. The molecule has 3 aromatic rings. The molecule has 0 atom stereocenters. The van der Waals surface area contributed by atoms with Gasteiger partial charge in [0.25, 0.3) is 0 Å². The Hall–Kier alpha value is -3.05. The summed E-state index contributed by atoms with van der Waals surface area (Å²) in [4.78, 5) is 14.3. The Morgan fingerprint density at radius 1 is 0.964 bits per heavy atom. The van der Waals surface area contributed by atoms with E-state index in [0.29, 0.717) is 19.6 Å². The van der Waals surface area contributed by atoms with E-state index >= 15 is 0 Å². The molecule has 3 rings (SSSR count). The molecule has 0 aliphatic rings. The number of nitrogens with zero attached hydrogens (tertiary/aromatic N) is 1. The summed E-state index contributed by atoms with van der Waals surface area (Å²) in [6, 6.07) is 20.1. The quantitative estimate of drug-likeness (QED) is 0.651. The molecule has 0 aliphatic heterocycles. The minimum Gasteiger partial charge on any atom is -0.497 e. The maximum Gasteiger partial charge on any atom is 0.234 e. The highest BCUT2D eigenvalue weighted by atomic mass is 16.5. The molecule has 0 aliphatic carbocycles. The van der Waals surface area contributed by atoms with Crippen LogP contribution in [0.25, 0.3) is 10.8 Å². The Labute approximate surface area is 165 Å². The minimum absolute atomic E-state index is 0.0149. The second kappa shape index (κ2) is 9.24. The van der Waals surface area contributed by atoms with Gasteiger partial charge in [-0.05, 0) is 47.6 Å². The van der Waals surface area contributed by atoms with Crippen LogP contribution in [-0.2, 0) is 17.9 Å². The summed E-state index contributed by atoms with van der Waals surface area (Å²) in [5.41, 5.74) is 2.13. The third-order valence-corrected chi connectivity index (χ3v) is 4.65. The van der Waals surface area contributed by atoms with E-state index in [9.17, 15) is 4.79 Å². The van der Waals surface area contributed by atoms with Gasteiger partial charge < -0.3 is 14.8 Å². The Morgan fingerprint density at radius 3 is 2.50 bits per heavy atom. The molecule has 0 spiro atoms. The van der Waals surface area contributed by atoms with E-state index in [0.717, 1.165) is 33.4 Å². The van der Waals surface area contributed by atoms with Crippen molar-refractivity contribution in [3.8, 4) is 11.5 Å². The number of rotatable bonds is 8. The number of carbonyl (C=O) groups excluding carboxylic acids is 1. The first-order chi connectivity index (χ1) is 13.6. The zero-order chi connectivity index (χ0) is 19.9. The lowest BCUT2D eigenvalue weighted by atomic mass is 10.1. The first-order valence-electron chi connectivity index (χ1n) is 9.23. The SMILES string of the molecule is COc1ccc2cc(CN(C)CC(=O)NCc3ccccc3OC)ccc2c1. The van der Waals surface area contributed by atoms with Crippen LogP contribution in [0, 0.1) is 0 Å². The van der Waals surface area contributed by atoms with E-state index < -0.39 is 0 Å². The molecule has 146 valence electrons. The highest BCUT2D eigenvalue weighted by molar-refractivity contribution is 5.84. The van der Waals surface area contributed by atoms with Gasteiger partial charge in [-0.1, -0.05) is 36.4 Å². The van der Waals surface area contributed by atoms with Crippen LogP contribution in [0.4, 0.5) is 0 Å². The van der Waals surface area contributed by atoms with Gasteiger partial charge in [0.05, 0.1) is 20.8 Å². The third-order valence-electron chi connectivity index (χ3n) is 4.65. The molecule has 0 unspecified atom stereocenters. The van der Waals surface area contributed by atoms with Crippen molar-refractivity contribution in [3.63, 3.8) is 0 Å². The lowest BCUT2D eigenvalue weighted by Crippen LogP contribution is -2.34. The van der Waals surface area contributed by atoms with E-state index in [2.05, 4.69) is 29.6 Å². The maximum absolute atomic E-state index is 12.3. The summed E-state index contributed by atoms with van der Waals surface area (Å²) in [5, 5.41) is 5.26. The monoisotopic (exact) mass is 378 g/mol. The summed E-state index contributed by atoms with van der Waals surface area (Å²) >= 11 is 0. The van der Waals surface area contributed by atoms with Crippen LogP contribution in [0.3, 0.4) is 0 Å². The van der Waals surface area contributed by atoms with E-state index in [1.54, 1.807) is 14.2 Å². The van der Waals surface area contributed by atoms with Gasteiger partial charge in [-0.2, -0.15) is 0 Å². The second-order valence-electron chi connectivity index (χ2n) is 6.81. The molecule has 1 amide bonds. The molecular formula is C23H26N2O3. The van der Waals surface area contributed by atoms with Crippen LogP contribution in [-0.4, -0.2) is 38.6 Å². The van der Waals surface area contributed by atoms with Crippen LogP contribution in [0.1, 0.15) is 11.1 Å². The average molecular weight is 378 g/mol. The Bertz CT molecular complexity index is 955. The number of hydrogen-bond acceptors (Lipinski definition) is 4. The van der Waals surface area contributed by atoms with Crippen LogP contribution in [0.15, 0.2) is 60.7 Å². The highest BCUT2D eigenvalue weighted by Crippen LogP contribution is 2.22. The molecule has 5 heteroatoms. The van der Waals surface area contributed by atoms with Crippen molar-refractivity contribution in [3.05, 3.63) is 71.8 Å². The normalized spacial score (nSPS) is 10.9. The fourth-order valence-electron chi connectivity index (χ4n) is 3.21. The molecule has 3 aromatic carbocycles. The predicted molar refractivity (Wildman–Crippen MR) is 112 cm³/mol. The third kappa shape index (κ3) is 5.02. The summed E-state index contributed by atoms with van der Waals surface area (Å²) < 4.78 is 10.6. The van der Waals surface area contributed by atoms with Crippen LogP contribution in [0.5, 0.6) is 11.5 Å². The molecule has 1 N–H and O–H groups in total. The Balaban J connectivity index is 1.55. The highest BCUT2D eigenvalue weighted by Gasteiger charge is 2.09. The Morgan fingerprint density at radius 2 is 1.71 bits per heavy atom. The molecule has 0 radical (unpaired) electrons. The largest absolute Gasteiger partial charge is 0.497 e. The maximum atomic E-state index is 12.3. The van der Waals surface area contributed by atoms with E-state index in [-0.39, 0.29) is 5.91 Å². The number of nitrogens with one attached hydrogen (secondary N) is 1. The van der Waals surface area contributed by atoms with E-state index in [4.69, 9.17) is 9.47 Å². The number of carbonyl (C=O) groups is 1. The van der Waals surface area contributed by atoms with Crippen molar-refractivity contribution in [2.24, 2.45) is 0 Å². The van der Waals surface area contributed by atoms with Crippen molar-refractivity contribution in [2.45, 2.75) is 13.1 Å². The van der Waals surface area contributed by atoms with E-state index in [1.807, 2.05) is 48.3 Å². The van der Waals surface area contributed by atoms with Crippen LogP contribution < -0.4 is 14.8 Å². The van der Waals surface area contributed by atoms with E-state index in [1.165, 1.54) is 0 Å². The summed E-state index contributed by atoms with van der Waals surface area (Å²) in [5.74, 6) is 1.62. The van der Waals surface area contributed by atoms with Gasteiger partial charge in [-0.3, -0.25) is 9.69 Å². The molecule has 0 heterocycles. The van der Waals surface area contributed by atoms with Gasteiger partial charge in [-0.15, -0.1) is 0 Å². The zero-order valence-corrected chi connectivity index (χ0v) is 16.6. The molecule has 0 saturated heterocycles. The molecule has 28 heavy (non-hydrogen) atoms. The lowest BCUT2D eigenvalue weighted by Gasteiger charge is -2.17. The first-order valence-corrected chi connectivity index (χ1v) is 9.23. The number of hydrogen-bond donors (Lipinski definition) is 1. The number of likely N-dealkylation sites (N-methyl/N-ethyl adjacent to an activating group) is 1. The van der Waals surface area contributed by atoms with Crippen molar-refractivity contribution in [2.75, 3.05) is 27.8 Å². The van der Waals surface area contributed by atoms with Gasteiger partial charge in [0.15, 0.2) is 0 Å². The van der Waals surface area contributed by atoms with Crippen molar-refractivity contribution in [1.82, 2.24) is 10.2 Å². The van der Waals surface area contributed by atoms with Crippen molar-refractivity contribution >= 4 is 16.7 Å². The molecular weight excluding hydrogens is 352 g/mol. The standard InChI is InChI=1S/C23H26N2O3/c1-25(16-23(26)24-14-20-6-4-5-7-22(20)28-3)15-17-8-9-19-13-21(27-2)11-10-18(19)12-17/h4-13H,14-16H2,1-3H3,(H,24,26). The van der Waals surface area contributed by atoms with Crippen LogP contribution >= 0.6 is 0 Å². The number of ether oxygens (including phenoxy) is 2. The first kappa shape index (κ1) is 19.7. The topological polar surface area (TPSA) is 50.8 Å². The van der Waals surface area contributed by atoms with Crippen molar-refractivity contribution in [1.29, 1.82) is 0 Å². The lowest BCUT2D eigenvalue weighted by molar-refractivity contribution is -0.122. The van der Waals surface area contributed by atoms with Gasteiger partial charge in [0.1, 0.15) is 11.5 Å². The average Bonchev–Trinajstić information content (AvgIpc) is 2.71. The second-order valence-corrected chi connectivity index (χ2v) is 6.81. The zero-order valence-electron chi connectivity index (χ0n) is 16.6. The number of fused-ring (bicyclic) bond motifs is 1. The minimum atomic E-state index is -0.0149. The van der Waals surface area contributed by atoms with Gasteiger partial charge in [0, 0.05) is 18.7 Å². The predicted octanol–water partition coefficient (Wildman–Crippen LogP) is 3.61. The van der Waals surface area contributed by atoms with Gasteiger partial charge in [0.2, 0.25) is 5.91 Å². The molecule has 0 fully saturated rings. The summed E-state index contributed by atoms with van der Waals surface area (Å²) in [6.45, 7) is 1.48. The number of para-hydroxylation sites is 1.